The van der Waals surface area contributed by atoms with Crippen LogP contribution < -0.4 is 0 Å². The maximum atomic E-state index is 5.77. The lowest BCUT2D eigenvalue weighted by Gasteiger charge is -2.23. The average Bonchev–Trinajstić information content (AvgIpc) is 2.64. The molecule has 0 amide bonds. The van der Waals surface area contributed by atoms with E-state index in [-0.39, 0.29) is 4.93 Å². The van der Waals surface area contributed by atoms with Crippen LogP contribution in [0.3, 0.4) is 0 Å². The van der Waals surface area contributed by atoms with E-state index in [2.05, 4.69) is 13.8 Å². The van der Waals surface area contributed by atoms with Gasteiger partial charge in [-0.25, -0.2) is 0 Å². The fourth-order valence-corrected chi connectivity index (χ4v) is 4.34. The predicted octanol–water partition coefficient (Wildman–Crippen LogP) is 3.61. The summed E-state index contributed by atoms with van der Waals surface area (Å²) in [6, 6.07) is 0. The Labute approximate surface area is 88.7 Å². The SMILES string of the molecule is CC1=C(SC2(C)CCCO2)CCS1. The quantitative estimate of drug-likeness (QED) is 0.698. The summed E-state index contributed by atoms with van der Waals surface area (Å²) >= 11 is 3.95. The molecular formula is C10H16OS2. The van der Waals surface area contributed by atoms with E-state index in [4.69, 9.17) is 4.74 Å². The second kappa shape index (κ2) is 3.87. The molecule has 74 valence electrons. The van der Waals surface area contributed by atoms with Crippen LogP contribution >= 0.6 is 23.5 Å². The number of thioether (sulfide) groups is 2. The first-order chi connectivity index (χ1) is 6.20. The lowest BCUT2D eigenvalue weighted by atomic mass is 10.3. The van der Waals surface area contributed by atoms with Crippen LogP contribution in [0.15, 0.2) is 9.81 Å². The Balaban J connectivity index is 2.00. The molecule has 0 N–H and O–H groups in total. The van der Waals surface area contributed by atoms with Gasteiger partial charge in [-0.1, -0.05) is 11.8 Å². The Morgan fingerprint density at radius 3 is 2.92 bits per heavy atom. The van der Waals surface area contributed by atoms with Crippen LogP contribution in [0.1, 0.15) is 33.1 Å². The van der Waals surface area contributed by atoms with Crippen LogP contribution in [0.2, 0.25) is 0 Å². The smallest absolute Gasteiger partial charge is 0.115 e. The molecule has 1 atom stereocenters. The highest BCUT2D eigenvalue weighted by Gasteiger charge is 2.32. The Hall–Kier alpha value is 0.400. The minimum atomic E-state index is 0.0848. The largest absolute Gasteiger partial charge is 0.364 e. The van der Waals surface area contributed by atoms with E-state index in [1.807, 2.05) is 23.5 Å². The number of allylic oxidation sites excluding steroid dienone is 2. The van der Waals surface area contributed by atoms with E-state index < -0.39 is 0 Å². The topological polar surface area (TPSA) is 9.23 Å². The van der Waals surface area contributed by atoms with Crippen LogP contribution in [0.5, 0.6) is 0 Å². The number of rotatable bonds is 2. The van der Waals surface area contributed by atoms with Crippen molar-refractivity contribution in [2.24, 2.45) is 0 Å². The summed E-state index contributed by atoms with van der Waals surface area (Å²) < 4.78 is 5.77. The molecule has 0 aromatic heterocycles. The molecule has 0 aromatic carbocycles. The second-order valence-corrected chi connectivity index (χ2v) is 6.64. The van der Waals surface area contributed by atoms with Gasteiger partial charge in [-0.05, 0) is 42.9 Å². The van der Waals surface area contributed by atoms with E-state index in [0.29, 0.717) is 0 Å². The van der Waals surface area contributed by atoms with Crippen molar-refractivity contribution >= 4 is 23.5 Å². The van der Waals surface area contributed by atoms with E-state index in [0.717, 1.165) is 6.61 Å². The van der Waals surface area contributed by atoms with Gasteiger partial charge < -0.3 is 4.74 Å². The molecule has 3 heteroatoms. The van der Waals surface area contributed by atoms with Gasteiger partial charge in [-0.15, -0.1) is 11.8 Å². The zero-order chi connectivity index (χ0) is 9.31. The van der Waals surface area contributed by atoms with E-state index >= 15 is 0 Å². The lowest BCUT2D eigenvalue weighted by molar-refractivity contribution is 0.0975. The third-order valence-electron chi connectivity index (χ3n) is 2.56. The minimum Gasteiger partial charge on any atom is -0.364 e. The van der Waals surface area contributed by atoms with Crippen LogP contribution in [-0.4, -0.2) is 17.3 Å². The summed E-state index contributed by atoms with van der Waals surface area (Å²) in [5.41, 5.74) is 0. The molecule has 0 saturated carbocycles. The zero-order valence-electron chi connectivity index (χ0n) is 8.26. The summed E-state index contributed by atoms with van der Waals surface area (Å²) in [6.07, 6.45) is 3.68. The van der Waals surface area contributed by atoms with Gasteiger partial charge in [-0.2, -0.15) is 0 Å². The number of ether oxygens (including phenoxy) is 1. The normalized spacial score (nSPS) is 34.6. The third-order valence-corrected chi connectivity index (χ3v) is 5.29. The maximum absolute atomic E-state index is 5.77. The van der Waals surface area contributed by atoms with E-state index in [1.165, 1.54) is 29.9 Å². The molecule has 2 rings (SSSR count). The zero-order valence-corrected chi connectivity index (χ0v) is 9.89. The van der Waals surface area contributed by atoms with E-state index in [9.17, 15) is 0 Å². The Kier molecular flexibility index (Phi) is 2.96. The van der Waals surface area contributed by atoms with Gasteiger partial charge in [0, 0.05) is 12.4 Å². The van der Waals surface area contributed by atoms with Crippen molar-refractivity contribution in [2.75, 3.05) is 12.4 Å². The van der Waals surface area contributed by atoms with Gasteiger partial charge in [0.15, 0.2) is 0 Å². The summed E-state index contributed by atoms with van der Waals surface area (Å²) in [5, 5.41) is 0. The monoisotopic (exact) mass is 216 g/mol. The van der Waals surface area contributed by atoms with Crippen molar-refractivity contribution in [3.63, 3.8) is 0 Å². The van der Waals surface area contributed by atoms with Gasteiger partial charge in [-0.3, -0.25) is 0 Å². The third kappa shape index (κ3) is 2.25. The summed E-state index contributed by atoms with van der Waals surface area (Å²) in [5.74, 6) is 1.27. The molecule has 13 heavy (non-hydrogen) atoms. The predicted molar refractivity (Wildman–Crippen MR) is 61.0 cm³/mol. The highest BCUT2D eigenvalue weighted by Crippen LogP contribution is 2.47. The molecule has 2 aliphatic heterocycles. The molecular weight excluding hydrogens is 200 g/mol. The van der Waals surface area contributed by atoms with Crippen molar-refractivity contribution in [1.29, 1.82) is 0 Å². The molecule has 0 aliphatic carbocycles. The van der Waals surface area contributed by atoms with Crippen LogP contribution in [0.25, 0.3) is 0 Å². The fraction of sp³-hybridized carbons (Fsp3) is 0.800. The maximum Gasteiger partial charge on any atom is 0.115 e. The first kappa shape index (κ1) is 9.94. The molecule has 0 spiro atoms. The summed E-state index contributed by atoms with van der Waals surface area (Å²) in [4.78, 5) is 3.16. The van der Waals surface area contributed by atoms with Gasteiger partial charge >= 0.3 is 0 Å². The summed E-state index contributed by atoms with van der Waals surface area (Å²) in [7, 11) is 0. The van der Waals surface area contributed by atoms with E-state index in [1.54, 1.807) is 4.91 Å². The second-order valence-electron chi connectivity index (χ2n) is 3.77. The molecule has 0 radical (unpaired) electrons. The average molecular weight is 216 g/mol. The lowest BCUT2D eigenvalue weighted by Crippen LogP contribution is -2.17. The molecule has 1 saturated heterocycles. The Morgan fingerprint density at radius 2 is 2.38 bits per heavy atom. The van der Waals surface area contributed by atoms with Crippen molar-refractivity contribution < 1.29 is 4.74 Å². The highest BCUT2D eigenvalue weighted by molar-refractivity contribution is 8.08. The van der Waals surface area contributed by atoms with Gasteiger partial charge in [0.2, 0.25) is 0 Å². The first-order valence-corrected chi connectivity index (χ1v) is 6.65. The highest BCUT2D eigenvalue weighted by atomic mass is 32.2. The molecule has 0 bridgehead atoms. The van der Waals surface area contributed by atoms with Crippen molar-refractivity contribution in [2.45, 2.75) is 38.0 Å². The molecule has 1 unspecified atom stereocenters. The summed E-state index contributed by atoms with van der Waals surface area (Å²) in [6.45, 7) is 5.41. The van der Waals surface area contributed by atoms with Gasteiger partial charge in [0.25, 0.3) is 0 Å². The van der Waals surface area contributed by atoms with Crippen LogP contribution in [0, 0.1) is 0 Å². The van der Waals surface area contributed by atoms with Gasteiger partial charge in [0.05, 0.1) is 0 Å². The Bertz CT molecular complexity index is 229. The van der Waals surface area contributed by atoms with Gasteiger partial charge in [0.1, 0.15) is 4.93 Å². The van der Waals surface area contributed by atoms with Crippen LogP contribution in [-0.2, 0) is 4.74 Å². The molecule has 1 fully saturated rings. The number of hydrogen-bond acceptors (Lipinski definition) is 3. The van der Waals surface area contributed by atoms with Crippen molar-refractivity contribution in [3.8, 4) is 0 Å². The standard InChI is InChI=1S/C10H16OS2/c1-8-9(4-7-12-8)13-10(2)5-3-6-11-10/h3-7H2,1-2H3. The minimum absolute atomic E-state index is 0.0848. The van der Waals surface area contributed by atoms with Crippen molar-refractivity contribution in [1.82, 2.24) is 0 Å². The first-order valence-electron chi connectivity index (χ1n) is 4.85. The molecule has 1 nitrogen and oxygen atoms in total. The molecule has 2 aliphatic rings. The number of hydrogen-bond donors (Lipinski definition) is 0. The Morgan fingerprint density at radius 1 is 1.54 bits per heavy atom. The van der Waals surface area contributed by atoms with Crippen LogP contribution in [0.4, 0.5) is 0 Å². The molecule has 2 heterocycles. The molecule has 0 aromatic rings. The fourth-order valence-electron chi connectivity index (χ4n) is 1.77. The van der Waals surface area contributed by atoms with Crippen molar-refractivity contribution in [3.05, 3.63) is 9.81 Å².